The van der Waals surface area contributed by atoms with E-state index in [0.29, 0.717) is 12.5 Å². The molecule has 4 nitrogen and oxygen atoms in total. The molecule has 0 spiro atoms. The molecule has 1 aliphatic heterocycles. The molecule has 0 bridgehead atoms. The first-order valence-electron chi connectivity index (χ1n) is 13.8. The minimum atomic E-state index is 0.459. The van der Waals surface area contributed by atoms with Crippen LogP contribution in [0.15, 0.2) is 139 Å². The van der Waals surface area contributed by atoms with Gasteiger partial charge in [0.1, 0.15) is 6.67 Å². The smallest absolute Gasteiger partial charge is 0.172 e. The first kappa shape index (κ1) is 25.2. The minimum Gasteiger partial charge on any atom is -0.271 e. The number of hydrazine groups is 1. The number of hydrazone groups is 1. The number of benzene rings is 6. The fraction of sp³-hybridized carbons (Fsp3) is 0.0263. The molecule has 0 aliphatic carbocycles. The van der Waals surface area contributed by atoms with Gasteiger partial charge in [-0.05, 0) is 94.3 Å². The molecule has 2 N–H and O–H groups in total. The van der Waals surface area contributed by atoms with Crippen LogP contribution < -0.4 is 10.9 Å². The lowest BCUT2D eigenvalue weighted by molar-refractivity contribution is 0.472. The number of nitrogens with two attached hydrogens (primary N) is 1. The van der Waals surface area contributed by atoms with Gasteiger partial charge in [-0.1, -0.05) is 84.3 Å². The SMILES string of the molecule is NN1CN(c2ccc(C#Cc3ccc4ccccc4c3)cc2)N=C1c1ccc(C#Cc2ccc3ccccc3c2)cc1. The van der Waals surface area contributed by atoms with Crippen LogP contribution in [0.2, 0.25) is 0 Å². The van der Waals surface area contributed by atoms with Gasteiger partial charge in [0.15, 0.2) is 5.84 Å². The van der Waals surface area contributed by atoms with Crippen LogP contribution in [0, 0.1) is 23.7 Å². The van der Waals surface area contributed by atoms with Crippen molar-refractivity contribution in [3.8, 4) is 23.7 Å². The lowest BCUT2D eigenvalue weighted by atomic mass is 10.1. The summed E-state index contributed by atoms with van der Waals surface area (Å²) in [6.07, 6.45) is 0. The van der Waals surface area contributed by atoms with E-state index in [1.165, 1.54) is 21.5 Å². The molecule has 0 aromatic heterocycles. The van der Waals surface area contributed by atoms with Crippen LogP contribution in [0.4, 0.5) is 5.69 Å². The summed E-state index contributed by atoms with van der Waals surface area (Å²) in [6, 6.07) is 45.3. The molecule has 42 heavy (non-hydrogen) atoms. The quantitative estimate of drug-likeness (QED) is 0.189. The molecule has 0 unspecified atom stereocenters. The second-order valence-electron chi connectivity index (χ2n) is 10.2. The first-order chi connectivity index (χ1) is 20.7. The zero-order valence-electron chi connectivity index (χ0n) is 22.8. The van der Waals surface area contributed by atoms with Crippen molar-refractivity contribution in [3.63, 3.8) is 0 Å². The summed E-state index contributed by atoms with van der Waals surface area (Å²) in [6.45, 7) is 0.459. The van der Waals surface area contributed by atoms with E-state index >= 15 is 0 Å². The van der Waals surface area contributed by atoms with Gasteiger partial charge >= 0.3 is 0 Å². The van der Waals surface area contributed by atoms with Gasteiger partial charge in [0.2, 0.25) is 0 Å². The number of fused-ring (bicyclic) bond motifs is 2. The van der Waals surface area contributed by atoms with Gasteiger partial charge < -0.3 is 0 Å². The maximum absolute atomic E-state index is 6.35. The molecule has 1 aliphatic rings. The van der Waals surface area contributed by atoms with E-state index in [0.717, 1.165) is 33.5 Å². The Morgan fingerprint density at radius 2 is 0.952 bits per heavy atom. The molecule has 0 atom stereocenters. The van der Waals surface area contributed by atoms with E-state index in [4.69, 9.17) is 10.9 Å². The fourth-order valence-corrected chi connectivity index (χ4v) is 5.02. The molecule has 7 rings (SSSR count). The molecule has 6 aromatic rings. The first-order valence-corrected chi connectivity index (χ1v) is 13.8. The van der Waals surface area contributed by atoms with E-state index < -0.39 is 0 Å². The normalized spacial score (nSPS) is 12.5. The van der Waals surface area contributed by atoms with Crippen molar-refractivity contribution in [2.45, 2.75) is 0 Å². The summed E-state index contributed by atoms with van der Waals surface area (Å²) in [5.41, 5.74) is 5.76. The second kappa shape index (κ2) is 11.0. The Morgan fingerprint density at radius 3 is 1.50 bits per heavy atom. The molecule has 0 fully saturated rings. The van der Waals surface area contributed by atoms with Gasteiger partial charge in [0, 0.05) is 27.8 Å². The molecule has 6 aromatic carbocycles. The summed E-state index contributed by atoms with van der Waals surface area (Å²) < 4.78 is 0. The number of anilines is 1. The monoisotopic (exact) mass is 538 g/mol. The van der Waals surface area contributed by atoms with Crippen LogP contribution in [0.25, 0.3) is 21.5 Å². The molecule has 0 saturated heterocycles. The van der Waals surface area contributed by atoms with Crippen LogP contribution >= 0.6 is 0 Å². The average Bonchev–Trinajstić information content (AvgIpc) is 3.44. The van der Waals surface area contributed by atoms with Crippen molar-refractivity contribution in [2.24, 2.45) is 10.9 Å². The van der Waals surface area contributed by atoms with Gasteiger partial charge in [-0.2, -0.15) is 5.10 Å². The van der Waals surface area contributed by atoms with Crippen LogP contribution in [-0.4, -0.2) is 17.5 Å². The summed E-state index contributed by atoms with van der Waals surface area (Å²) in [5, 5.41) is 13.2. The van der Waals surface area contributed by atoms with Gasteiger partial charge in [-0.3, -0.25) is 5.01 Å². The molecular weight excluding hydrogens is 512 g/mol. The Labute approximate surface area is 245 Å². The highest BCUT2D eigenvalue weighted by atomic mass is 15.7. The number of hydrogen-bond acceptors (Lipinski definition) is 4. The Bertz CT molecular complexity index is 2090. The van der Waals surface area contributed by atoms with Gasteiger partial charge in [0.25, 0.3) is 0 Å². The Kier molecular flexibility index (Phi) is 6.59. The van der Waals surface area contributed by atoms with Crippen molar-refractivity contribution in [1.82, 2.24) is 5.01 Å². The highest BCUT2D eigenvalue weighted by Crippen LogP contribution is 2.22. The van der Waals surface area contributed by atoms with Crippen molar-refractivity contribution in [2.75, 3.05) is 11.7 Å². The third kappa shape index (κ3) is 5.31. The molecule has 0 saturated carbocycles. The van der Waals surface area contributed by atoms with Crippen LogP contribution in [-0.2, 0) is 0 Å². The Hall–Kier alpha value is -5.81. The predicted octanol–water partition coefficient (Wildman–Crippen LogP) is 7.11. The molecular formula is C38H26N4. The average molecular weight is 539 g/mol. The topological polar surface area (TPSA) is 44.9 Å². The van der Waals surface area contributed by atoms with E-state index in [9.17, 15) is 0 Å². The number of hydrogen-bond donors (Lipinski definition) is 1. The number of rotatable bonds is 2. The zero-order valence-corrected chi connectivity index (χ0v) is 22.8. The van der Waals surface area contributed by atoms with Gasteiger partial charge in [-0.15, -0.1) is 0 Å². The lowest BCUT2D eigenvalue weighted by Gasteiger charge is -2.16. The minimum absolute atomic E-state index is 0.459. The highest BCUT2D eigenvalue weighted by Gasteiger charge is 2.22. The molecule has 0 amide bonds. The Balaban J connectivity index is 1.04. The van der Waals surface area contributed by atoms with Crippen molar-refractivity contribution in [3.05, 3.63) is 161 Å². The van der Waals surface area contributed by atoms with E-state index in [-0.39, 0.29) is 0 Å². The van der Waals surface area contributed by atoms with Crippen molar-refractivity contribution in [1.29, 1.82) is 0 Å². The third-order valence-corrected chi connectivity index (χ3v) is 7.28. The molecule has 0 radical (unpaired) electrons. The maximum Gasteiger partial charge on any atom is 0.172 e. The molecule has 198 valence electrons. The maximum atomic E-state index is 6.35. The standard InChI is InChI=1S/C38H26N4/c39-41-27-42(37-23-17-29(18-24-37)10-12-31-16-20-33-6-2-4-8-36(33)26-31)40-38(41)34-21-13-28(14-22-34)9-11-30-15-19-32-5-1-3-7-35(32)25-30/h1-8,13-26H,27,39H2. The third-order valence-electron chi connectivity index (χ3n) is 7.28. The summed E-state index contributed by atoms with van der Waals surface area (Å²) in [4.78, 5) is 0. The Morgan fingerprint density at radius 1 is 0.500 bits per heavy atom. The van der Waals surface area contributed by atoms with Crippen LogP contribution in [0.1, 0.15) is 27.8 Å². The van der Waals surface area contributed by atoms with Crippen molar-refractivity contribution >= 4 is 33.1 Å². The fourth-order valence-electron chi connectivity index (χ4n) is 5.02. The largest absolute Gasteiger partial charge is 0.271 e. The van der Waals surface area contributed by atoms with Crippen molar-refractivity contribution < 1.29 is 0 Å². The molecule has 4 heteroatoms. The van der Waals surface area contributed by atoms with E-state index in [2.05, 4.69) is 84.3 Å². The van der Waals surface area contributed by atoms with Gasteiger partial charge in [0.05, 0.1) is 5.69 Å². The lowest BCUT2D eigenvalue weighted by Crippen LogP contribution is -2.37. The van der Waals surface area contributed by atoms with Crippen LogP contribution in [0.5, 0.6) is 0 Å². The van der Waals surface area contributed by atoms with E-state index in [1.54, 1.807) is 5.01 Å². The highest BCUT2D eigenvalue weighted by molar-refractivity contribution is 6.00. The number of amidine groups is 1. The zero-order chi connectivity index (χ0) is 28.3. The number of nitrogens with zero attached hydrogens (tertiary/aromatic N) is 3. The van der Waals surface area contributed by atoms with E-state index in [1.807, 2.05) is 77.8 Å². The second-order valence-corrected chi connectivity index (χ2v) is 10.2. The summed E-state index contributed by atoms with van der Waals surface area (Å²) in [5.74, 6) is 20.2. The summed E-state index contributed by atoms with van der Waals surface area (Å²) >= 11 is 0. The van der Waals surface area contributed by atoms with Gasteiger partial charge in [-0.25, -0.2) is 10.9 Å². The van der Waals surface area contributed by atoms with Crippen LogP contribution in [0.3, 0.4) is 0 Å². The predicted molar refractivity (Wildman–Crippen MR) is 173 cm³/mol. The molecule has 1 heterocycles. The summed E-state index contributed by atoms with van der Waals surface area (Å²) in [7, 11) is 0.